The molecule has 0 atom stereocenters. The number of ether oxygens (including phenoxy) is 2. The maximum absolute atomic E-state index is 11.2. The topological polar surface area (TPSA) is 60.5 Å². The Bertz CT molecular complexity index is 630. The van der Waals surface area contributed by atoms with E-state index in [0.29, 0.717) is 43.6 Å². The first-order valence-corrected chi connectivity index (χ1v) is 8.23. The normalized spacial score (nSPS) is 10.4. The Kier molecular flexibility index (Phi) is 7.52. The van der Waals surface area contributed by atoms with Gasteiger partial charge in [0.1, 0.15) is 6.61 Å². The van der Waals surface area contributed by atoms with Crippen molar-refractivity contribution in [2.24, 2.45) is 0 Å². The van der Waals surface area contributed by atoms with E-state index in [1.165, 1.54) is 0 Å². The van der Waals surface area contributed by atoms with Gasteiger partial charge in [-0.2, -0.15) is 0 Å². The second-order valence-corrected chi connectivity index (χ2v) is 5.59. The van der Waals surface area contributed by atoms with Crippen LogP contribution in [-0.2, 0) is 22.7 Å². The van der Waals surface area contributed by atoms with Crippen LogP contribution in [0.25, 0.3) is 0 Å². The molecule has 2 aromatic rings. The number of rotatable bonds is 9. The molecule has 0 amide bonds. The summed E-state index contributed by atoms with van der Waals surface area (Å²) in [4.78, 5) is 15.5. The Morgan fingerprint density at radius 2 is 1.92 bits per heavy atom. The van der Waals surface area contributed by atoms with Crippen molar-refractivity contribution in [1.82, 2.24) is 10.3 Å². The maximum Gasteiger partial charge on any atom is 0.307 e. The Morgan fingerprint density at radius 3 is 2.58 bits per heavy atom. The Hall–Kier alpha value is -2.11. The number of benzene rings is 1. The molecule has 0 saturated heterocycles. The molecule has 0 unspecified atom stereocenters. The molecule has 1 N–H and O–H groups in total. The number of hydrogen-bond acceptors (Lipinski definition) is 5. The standard InChI is InChI=1S/C18H21ClN2O3/c1-2-23-18(22)9-10-20-11-15-5-8-17(21-12-15)24-13-14-3-6-16(19)7-4-14/h3-8,12,20H,2,9-11,13H2,1H3. The van der Waals surface area contributed by atoms with Crippen molar-refractivity contribution in [3.63, 3.8) is 0 Å². The van der Waals surface area contributed by atoms with Gasteiger partial charge in [0, 0.05) is 30.4 Å². The molecule has 0 fully saturated rings. The third-order valence-electron chi connectivity index (χ3n) is 3.24. The van der Waals surface area contributed by atoms with E-state index < -0.39 is 0 Å². The van der Waals surface area contributed by atoms with E-state index in [9.17, 15) is 4.79 Å². The predicted molar refractivity (Wildman–Crippen MR) is 93.0 cm³/mol. The van der Waals surface area contributed by atoms with Crippen LogP contribution in [0.4, 0.5) is 0 Å². The van der Waals surface area contributed by atoms with Gasteiger partial charge in [-0.15, -0.1) is 0 Å². The quantitative estimate of drug-likeness (QED) is 0.556. The molecule has 0 radical (unpaired) electrons. The molecule has 0 saturated carbocycles. The van der Waals surface area contributed by atoms with E-state index in [0.717, 1.165) is 11.1 Å². The van der Waals surface area contributed by atoms with Crippen molar-refractivity contribution < 1.29 is 14.3 Å². The largest absolute Gasteiger partial charge is 0.473 e. The minimum atomic E-state index is -0.186. The van der Waals surface area contributed by atoms with E-state index in [4.69, 9.17) is 21.1 Å². The van der Waals surface area contributed by atoms with Gasteiger partial charge in [0.25, 0.3) is 0 Å². The molecule has 1 heterocycles. The lowest BCUT2D eigenvalue weighted by Gasteiger charge is -2.07. The number of pyridine rings is 1. The molecule has 24 heavy (non-hydrogen) atoms. The van der Waals surface area contributed by atoms with E-state index >= 15 is 0 Å². The average Bonchev–Trinajstić information content (AvgIpc) is 2.59. The molecule has 0 bridgehead atoms. The number of nitrogens with zero attached hydrogens (tertiary/aromatic N) is 1. The number of esters is 1. The van der Waals surface area contributed by atoms with Gasteiger partial charge in [0.15, 0.2) is 0 Å². The number of nitrogens with one attached hydrogen (secondary N) is 1. The van der Waals surface area contributed by atoms with E-state index in [2.05, 4.69) is 10.3 Å². The number of aromatic nitrogens is 1. The van der Waals surface area contributed by atoms with Gasteiger partial charge in [-0.05, 0) is 30.2 Å². The smallest absolute Gasteiger partial charge is 0.307 e. The summed E-state index contributed by atoms with van der Waals surface area (Å²) in [5.41, 5.74) is 2.06. The fourth-order valence-corrected chi connectivity index (χ4v) is 2.12. The molecule has 6 heteroatoms. The fraction of sp³-hybridized carbons (Fsp3) is 0.333. The van der Waals surface area contributed by atoms with E-state index in [1.807, 2.05) is 36.4 Å². The molecule has 2 rings (SSSR count). The first-order chi connectivity index (χ1) is 11.7. The maximum atomic E-state index is 11.2. The summed E-state index contributed by atoms with van der Waals surface area (Å²) in [5, 5.41) is 3.88. The Labute approximate surface area is 147 Å². The third-order valence-corrected chi connectivity index (χ3v) is 3.49. The molecule has 0 aliphatic rings. The summed E-state index contributed by atoms with van der Waals surface area (Å²) in [6.45, 7) is 3.88. The zero-order valence-corrected chi connectivity index (χ0v) is 14.4. The Morgan fingerprint density at radius 1 is 1.17 bits per heavy atom. The highest BCUT2D eigenvalue weighted by Crippen LogP contribution is 2.13. The van der Waals surface area contributed by atoms with Gasteiger partial charge in [-0.1, -0.05) is 29.8 Å². The molecule has 5 nitrogen and oxygen atoms in total. The average molecular weight is 349 g/mol. The lowest BCUT2D eigenvalue weighted by molar-refractivity contribution is -0.142. The highest BCUT2D eigenvalue weighted by molar-refractivity contribution is 6.30. The highest BCUT2D eigenvalue weighted by Gasteiger charge is 2.02. The summed E-state index contributed by atoms with van der Waals surface area (Å²) in [7, 11) is 0. The van der Waals surface area contributed by atoms with Crippen molar-refractivity contribution >= 4 is 17.6 Å². The minimum Gasteiger partial charge on any atom is -0.473 e. The second-order valence-electron chi connectivity index (χ2n) is 5.15. The fourth-order valence-electron chi connectivity index (χ4n) is 2.00. The number of hydrogen-bond donors (Lipinski definition) is 1. The lowest BCUT2D eigenvalue weighted by atomic mass is 10.2. The third kappa shape index (κ3) is 6.56. The molecule has 1 aromatic heterocycles. The first-order valence-electron chi connectivity index (χ1n) is 7.86. The van der Waals surface area contributed by atoms with Crippen LogP contribution in [-0.4, -0.2) is 24.1 Å². The predicted octanol–water partition coefficient (Wildman–Crippen LogP) is 3.36. The highest BCUT2D eigenvalue weighted by atomic mass is 35.5. The molecular formula is C18H21ClN2O3. The van der Waals surface area contributed by atoms with Gasteiger partial charge in [-0.3, -0.25) is 4.79 Å². The van der Waals surface area contributed by atoms with Crippen LogP contribution in [0.5, 0.6) is 5.88 Å². The first kappa shape index (κ1) is 18.2. The number of carbonyl (C=O) groups excluding carboxylic acids is 1. The van der Waals surface area contributed by atoms with Crippen LogP contribution in [0.15, 0.2) is 42.6 Å². The van der Waals surface area contributed by atoms with Gasteiger partial charge in [-0.25, -0.2) is 4.98 Å². The molecule has 0 aliphatic heterocycles. The van der Waals surface area contributed by atoms with Crippen LogP contribution in [0.3, 0.4) is 0 Å². The lowest BCUT2D eigenvalue weighted by Crippen LogP contribution is -2.19. The Balaban J connectivity index is 1.70. The summed E-state index contributed by atoms with van der Waals surface area (Å²) in [6, 6.07) is 11.3. The SMILES string of the molecule is CCOC(=O)CCNCc1ccc(OCc2ccc(Cl)cc2)nc1. The van der Waals surface area contributed by atoms with Crippen LogP contribution in [0.1, 0.15) is 24.5 Å². The monoisotopic (exact) mass is 348 g/mol. The molecule has 1 aromatic carbocycles. The van der Waals surface area contributed by atoms with Crippen LogP contribution < -0.4 is 10.1 Å². The molecule has 0 aliphatic carbocycles. The molecule has 0 spiro atoms. The minimum absolute atomic E-state index is 0.186. The summed E-state index contributed by atoms with van der Waals surface area (Å²) in [5.74, 6) is 0.384. The van der Waals surface area contributed by atoms with Crippen molar-refractivity contribution in [1.29, 1.82) is 0 Å². The molecule has 128 valence electrons. The summed E-state index contributed by atoms with van der Waals surface area (Å²) in [6.07, 6.45) is 2.12. The van der Waals surface area contributed by atoms with E-state index in [-0.39, 0.29) is 5.97 Å². The van der Waals surface area contributed by atoms with Gasteiger partial charge in [0.2, 0.25) is 5.88 Å². The summed E-state index contributed by atoms with van der Waals surface area (Å²) < 4.78 is 10.5. The van der Waals surface area contributed by atoms with Crippen LogP contribution in [0.2, 0.25) is 5.02 Å². The second kappa shape index (κ2) is 9.90. The number of halogens is 1. The van der Waals surface area contributed by atoms with Crippen molar-refractivity contribution in [2.45, 2.75) is 26.5 Å². The summed E-state index contributed by atoms with van der Waals surface area (Å²) >= 11 is 5.85. The van der Waals surface area contributed by atoms with Gasteiger partial charge >= 0.3 is 5.97 Å². The van der Waals surface area contributed by atoms with Crippen molar-refractivity contribution in [3.05, 3.63) is 58.7 Å². The zero-order valence-electron chi connectivity index (χ0n) is 13.6. The van der Waals surface area contributed by atoms with Gasteiger partial charge in [0.05, 0.1) is 13.0 Å². The zero-order chi connectivity index (χ0) is 17.2. The van der Waals surface area contributed by atoms with Crippen molar-refractivity contribution in [2.75, 3.05) is 13.2 Å². The van der Waals surface area contributed by atoms with Crippen molar-refractivity contribution in [3.8, 4) is 5.88 Å². The molecular weight excluding hydrogens is 328 g/mol. The van der Waals surface area contributed by atoms with Crippen LogP contribution in [0, 0.1) is 0 Å². The van der Waals surface area contributed by atoms with Gasteiger partial charge < -0.3 is 14.8 Å². The number of carbonyl (C=O) groups is 1. The van der Waals surface area contributed by atoms with Crippen LogP contribution >= 0.6 is 11.6 Å². The van der Waals surface area contributed by atoms with E-state index in [1.54, 1.807) is 13.1 Å².